The number of fused-ring (bicyclic) bond motifs is 2. The molecule has 0 aliphatic rings. The molecule has 4 N–H and O–H groups in total. The number of carbonyl (C=O) groups is 1. The quantitative estimate of drug-likeness (QED) is 0.0260. The van der Waals surface area contributed by atoms with Crippen LogP contribution in [0.4, 0.5) is 34.1 Å². The number of amides is 1. The van der Waals surface area contributed by atoms with Crippen LogP contribution in [0, 0.1) is 13.8 Å². The average molecular weight is 1120 g/mol. The van der Waals surface area contributed by atoms with E-state index < -0.39 is 53.3 Å². The van der Waals surface area contributed by atoms with E-state index in [9.17, 15) is 46.1 Å². The number of hydrogen-bond donors (Lipinski definition) is 4. The molecule has 0 unspecified atom stereocenters. The standard InChI is InChI=1S/2C26H22ClN3O6S.Ca/c2*1-3-36-18-9-6-8-17(12-18)28-26(32)21-11-16-7-4-5-10-20(16)24(25(21)31)30-29-23-14-19(37(33,34)35)13-22(27)15(23)2;/h2*4-14,31H,3H2,1-2H3,(H,28,32)(H,33,34,35);/q;;+2/p-2. The van der Waals surface area contributed by atoms with E-state index in [-0.39, 0.29) is 81.7 Å². The van der Waals surface area contributed by atoms with Crippen molar-refractivity contribution in [3.63, 3.8) is 0 Å². The summed E-state index contributed by atoms with van der Waals surface area (Å²) in [5, 5.41) is 58.8. The Kier molecular flexibility index (Phi) is 19.0. The molecule has 0 bridgehead atoms. The van der Waals surface area contributed by atoms with E-state index in [4.69, 9.17) is 32.7 Å². The van der Waals surface area contributed by atoms with Crippen molar-refractivity contribution < 1.29 is 55.5 Å². The second kappa shape index (κ2) is 24.7. The van der Waals surface area contributed by atoms with Gasteiger partial charge in [0.2, 0.25) is 0 Å². The minimum Gasteiger partial charge on any atom is -0.871 e. The Morgan fingerprint density at radius 3 is 1.64 bits per heavy atom. The zero-order valence-corrected chi connectivity index (χ0v) is 45.5. The molecule has 1 amide bonds. The third-order valence-corrected chi connectivity index (χ3v) is 13.3. The summed E-state index contributed by atoms with van der Waals surface area (Å²) in [6, 6.07) is 34.6. The molecule has 0 saturated heterocycles. The van der Waals surface area contributed by atoms with E-state index in [0.717, 1.165) is 24.3 Å². The van der Waals surface area contributed by atoms with Crippen molar-refractivity contribution in [2.75, 3.05) is 18.5 Å². The predicted molar refractivity (Wildman–Crippen MR) is 284 cm³/mol. The number of hydrogen-bond acceptors (Lipinski definition) is 15. The van der Waals surface area contributed by atoms with E-state index in [2.05, 4.69) is 30.8 Å². The number of anilines is 1. The monoisotopic (exact) mass is 1120 g/mol. The SMILES string of the molecule is CCOc1cccc(N=C([O-])c2cc3ccccc3c(N=Nc3cc(S(=O)(=O)O)cc(Cl)c3C)c2[O-])c1.CCOc1cccc(NC(=O)c2cc3ccccc3c(N=Nc3cc(S(=O)(=O)O)cc(Cl)c3C)c2O)c1.[Ca+2]. The van der Waals surface area contributed by atoms with Gasteiger partial charge in [0.15, 0.2) is 5.75 Å². The van der Waals surface area contributed by atoms with Crippen LogP contribution < -0.4 is 25.0 Å². The summed E-state index contributed by atoms with van der Waals surface area (Å²) < 4.78 is 76.1. The Morgan fingerprint density at radius 1 is 0.627 bits per heavy atom. The molecule has 0 saturated carbocycles. The zero-order valence-electron chi connectivity index (χ0n) is 40.1. The maximum Gasteiger partial charge on any atom is 2.00 e. The van der Waals surface area contributed by atoms with Crippen LogP contribution in [0.2, 0.25) is 10.0 Å². The van der Waals surface area contributed by atoms with Crippen LogP contribution in [0.3, 0.4) is 0 Å². The summed E-state index contributed by atoms with van der Waals surface area (Å²) >= 11 is 12.2. The van der Waals surface area contributed by atoms with Crippen molar-refractivity contribution in [2.45, 2.75) is 37.5 Å². The molecule has 8 rings (SSSR count). The summed E-state index contributed by atoms with van der Waals surface area (Å²) in [5.41, 5.74) is 1.27. The van der Waals surface area contributed by atoms with Crippen LogP contribution >= 0.6 is 23.2 Å². The van der Waals surface area contributed by atoms with Crippen molar-refractivity contribution in [1.82, 2.24) is 0 Å². The fraction of sp³-hybridized carbons (Fsp3) is 0.115. The van der Waals surface area contributed by atoms with E-state index in [1.54, 1.807) is 111 Å². The van der Waals surface area contributed by atoms with Crippen molar-refractivity contribution >= 4 is 149 Å². The van der Waals surface area contributed by atoms with Gasteiger partial charge in [0.05, 0.1) is 51.3 Å². The van der Waals surface area contributed by atoms with Gasteiger partial charge in [-0.25, -0.2) is 0 Å². The summed E-state index contributed by atoms with van der Waals surface area (Å²) in [6.45, 7) is 7.77. The molecular weight excluding hydrogens is 1080 g/mol. The fourth-order valence-electron chi connectivity index (χ4n) is 7.17. The molecule has 0 radical (unpaired) electrons. The topological polar surface area (TPSA) is 284 Å². The van der Waals surface area contributed by atoms with E-state index >= 15 is 0 Å². The minimum atomic E-state index is -4.56. The molecule has 0 aromatic heterocycles. The van der Waals surface area contributed by atoms with Crippen molar-refractivity contribution in [3.8, 4) is 23.0 Å². The molecule has 0 aliphatic heterocycles. The second-order valence-corrected chi connectivity index (χ2v) is 19.5. The number of nitrogens with zero attached hydrogens (tertiary/aromatic N) is 5. The molecule has 18 nitrogen and oxygen atoms in total. The third kappa shape index (κ3) is 14.0. The summed E-state index contributed by atoms with van der Waals surface area (Å²) in [6.07, 6.45) is 0. The number of rotatable bonds is 14. The van der Waals surface area contributed by atoms with Gasteiger partial charge in [-0.3, -0.25) is 18.9 Å². The Bertz CT molecular complexity index is 3830. The molecule has 0 atom stereocenters. The first-order valence-electron chi connectivity index (χ1n) is 22.1. The average Bonchev–Trinajstić information content (AvgIpc) is 3.35. The van der Waals surface area contributed by atoms with Crippen LogP contribution in [0.1, 0.15) is 40.9 Å². The molecule has 75 heavy (non-hydrogen) atoms. The largest absolute Gasteiger partial charge is 2.00 e. The van der Waals surface area contributed by atoms with Crippen molar-refractivity contribution in [1.29, 1.82) is 0 Å². The summed E-state index contributed by atoms with van der Waals surface area (Å²) in [5.74, 6) is -1.36. The Labute approximate surface area is 470 Å². The van der Waals surface area contributed by atoms with Gasteiger partial charge < -0.3 is 30.1 Å². The number of phenolic OH excluding ortho intramolecular Hbond substituents is 1. The van der Waals surface area contributed by atoms with E-state index in [1.807, 2.05) is 13.8 Å². The molecule has 0 spiro atoms. The Morgan fingerprint density at radius 2 is 1.11 bits per heavy atom. The predicted octanol–water partition coefficient (Wildman–Crippen LogP) is 11.8. The van der Waals surface area contributed by atoms with Crippen LogP contribution in [0.5, 0.6) is 23.0 Å². The van der Waals surface area contributed by atoms with Crippen LogP contribution in [0.25, 0.3) is 21.5 Å². The molecule has 0 fully saturated rings. The molecule has 380 valence electrons. The van der Waals surface area contributed by atoms with Crippen molar-refractivity contribution in [3.05, 3.63) is 166 Å². The van der Waals surface area contributed by atoms with Gasteiger partial charge in [-0.05, 0) is 122 Å². The number of halogens is 2. The van der Waals surface area contributed by atoms with Gasteiger partial charge in [0.25, 0.3) is 26.1 Å². The fourth-order valence-corrected chi connectivity index (χ4v) is 8.78. The zero-order chi connectivity index (χ0) is 53.5. The van der Waals surface area contributed by atoms with Crippen LogP contribution in [0.15, 0.2) is 169 Å². The number of nitrogens with one attached hydrogen (secondary N) is 1. The van der Waals surface area contributed by atoms with Gasteiger partial charge in [0, 0.05) is 38.6 Å². The maximum atomic E-state index is 13.4. The first-order chi connectivity index (χ1) is 35.2. The number of benzene rings is 8. The number of ether oxygens (including phenoxy) is 2. The molecule has 0 aliphatic carbocycles. The molecule has 8 aromatic carbocycles. The van der Waals surface area contributed by atoms with Gasteiger partial charge in [-0.2, -0.15) is 32.2 Å². The van der Waals surface area contributed by atoms with E-state index in [1.165, 1.54) is 12.1 Å². The van der Waals surface area contributed by atoms with Gasteiger partial charge >= 0.3 is 37.7 Å². The number of aromatic hydroxyl groups is 1. The third-order valence-electron chi connectivity index (χ3n) is 10.9. The van der Waals surface area contributed by atoms with Gasteiger partial charge in [0.1, 0.15) is 17.2 Å². The number of phenols is 1. The molecule has 8 aromatic rings. The molecule has 23 heteroatoms. The second-order valence-electron chi connectivity index (χ2n) is 15.9. The van der Waals surface area contributed by atoms with Gasteiger partial charge in [-0.1, -0.05) is 89.6 Å². The number of aliphatic imine (C=N–C) groups is 1. The number of azo groups is 2. The summed E-state index contributed by atoms with van der Waals surface area (Å²) in [7, 11) is -9.10. The summed E-state index contributed by atoms with van der Waals surface area (Å²) in [4.78, 5) is 16.3. The Hall–Kier alpha value is -6.72. The van der Waals surface area contributed by atoms with Crippen LogP contribution in [-0.2, 0) is 20.2 Å². The van der Waals surface area contributed by atoms with Crippen molar-refractivity contribution in [2.24, 2.45) is 25.4 Å². The first kappa shape index (κ1) is 57.6. The van der Waals surface area contributed by atoms with Crippen LogP contribution in [-0.4, -0.2) is 93.8 Å². The molecular formula is C52H42CaCl2N6O12S2. The smallest absolute Gasteiger partial charge is 0.871 e. The number of carbonyl (C=O) groups excluding carboxylic acids is 1. The maximum absolute atomic E-state index is 13.4. The Balaban J connectivity index is 0.000000241. The normalized spacial score (nSPS) is 11.9. The first-order valence-corrected chi connectivity index (χ1v) is 25.7. The van der Waals surface area contributed by atoms with Gasteiger partial charge in [-0.15, -0.1) is 5.11 Å². The van der Waals surface area contributed by atoms with E-state index in [0.29, 0.717) is 68.8 Å². The minimum absolute atomic E-state index is 0. The molecule has 0 heterocycles.